The van der Waals surface area contributed by atoms with E-state index < -0.39 is 0 Å². The molecule has 4 heteroatoms. The first-order valence-electron chi connectivity index (χ1n) is 6.07. The summed E-state index contributed by atoms with van der Waals surface area (Å²) in [6, 6.07) is 0.592. The third kappa shape index (κ3) is 1.89. The van der Waals surface area contributed by atoms with Crippen LogP contribution in [-0.4, -0.2) is 29.1 Å². The van der Waals surface area contributed by atoms with Crippen LogP contribution < -0.4 is 10.6 Å². The second-order valence-corrected chi connectivity index (χ2v) is 5.03. The van der Waals surface area contributed by atoms with E-state index in [1.165, 1.54) is 25.9 Å². The third-order valence-corrected chi connectivity index (χ3v) is 3.79. The van der Waals surface area contributed by atoms with Crippen molar-refractivity contribution in [3.05, 3.63) is 18.1 Å². The number of nitrogens with one attached hydrogen (secondary N) is 2. The van der Waals surface area contributed by atoms with Gasteiger partial charge >= 0.3 is 0 Å². The smallest absolute Gasteiger partial charge is 0.144 e. The van der Waals surface area contributed by atoms with Crippen molar-refractivity contribution in [1.29, 1.82) is 0 Å². The lowest BCUT2D eigenvalue weighted by atomic mass is 10.0. The summed E-state index contributed by atoms with van der Waals surface area (Å²) in [4.78, 5) is 8.60. The summed E-state index contributed by atoms with van der Waals surface area (Å²) in [6.45, 7) is 4.35. The van der Waals surface area contributed by atoms with Gasteiger partial charge in [0.1, 0.15) is 5.82 Å². The Morgan fingerprint density at radius 3 is 2.56 bits per heavy atom. The molecule has 1 saturated carbocycles. The topological polar surface area (TPSA) is 49.8 Å². The molecule has 1 aliphatic heterocycles. The summed E-state index contributed by atoms with van der Waals surface area (Å²) >= 11 is 0. The Labute approximate surface area is 95.9 Å². The van der Waals surface area contributed by atoms with Crippen LogP contribution >= 0.6 is 0 Å². The van der Waals surface area contributed by atoms with E-state index in [1.54, 1.807) is 0 Å². The SMILES string of the molecule is Cc1cnc(NC2C[C@H]3CNC[C@H]3C2)cn1. The number of hydrogen-bond donors (Lipinski definition) is 2. The molecule has 0 bridgehead atoms. The molecule has 1 saturated heterocycles. The summed E-state index contributed by atoms with van der Waals surface area (Å²) in [7, 11) is 0. The summed E-state index contributed by atoms with van der Waals surface area (Å²) in [5.74, 6) is 2.66. The maximum atomic E-state index is 4.35. The standard InChI is InChI=1S/C12H18N4/c1-8-4-15-12(7-14-8)16-11-2-9-5-13-6-10(9)3-11/h4,7,9-11,13H,2-3,5-6H2,1H3,(H,15,16)/t9-,10+,11?. The largest absolute Gasteiger partial charge is 0.366 e. The number of nitrogens with zero attached hydrogens (tertiary/aromatic N) is 2. The van der Waals surface area contributed by atoms with Gasteiger partial charge in [0.15, 0.2) is 0 Å². The Morgan fingerprint density at radius 1 is 1.19 bits per heavy atom. The Hall–Kier alpha value is -1.16. The minimum atomic E-state index is 0.592. The highest BCUT2D eigenvalue weighted by molar-refractivity contribution is 5.33. The van der Waals surface area contributed by atoms with Gasteiger partial charge in [-0.2, -0.15) is 0 Å². The second kappa shape index (κ2) is 4.01. The molecule has 1 unspecified atom stereocenters. The lowest BCUT2D eigenvalue weighted by molar-refractivity contribution is 0.494. The molecule has 2 fully saturated rings. The van der Waals surface area contributed by atoms with Crippen molar-refractivity contribution in [3.63, 3.8) is 0 Å². The van der Waals surface area contributed by atoms with Crippen LogP contribution in [0, 0.1) is 18.8 Å². The lowest BCUT2D eigenvalue weighted by Gasteiger charge is -2.14. The van der Waals surface area contributed by atoms with Crippen LogP contribution in [0.5, 0.6) is 0 Å². The summed E-state index contributed by atoms with van der Waals surface area (Å²) in [6.07, 6.45) is 6.20. The van der Waals surface area contributed by atoms with Crippen molar-refractivity contribution in [1.82, 2.24) is 15.3 Å². The molecule has 2 N–H and O–H groups in total. The maximum absolute atomic E-state index is 4.35. The van der Waals surface area contributed by atoms with Crippen molar-refractivity contribution in [2.24, 2.45) is 11.8 Å². The highest BCUT2D eigenvalue weighted by Gasteiger charge is 2.37. The van der Waals surface area contributed by atoms with Crippen LogP contribution in [0.1, 0.15) is 18.5 Å². The molecule has 16 heavy (non-hydrogen) atoms. The Bertz CT molecular complexity index is 350. The summed E-state index contributed by atoms with van der Waals surface area (Å²) < 4.78 is 0. The molecular formula is C12H18N4. The lowest BCUT2D eigenvalue weighted by Crippen LogP contribution is -2.21. The summed E-state index contributed by atoms with van der Waals surface area (Å²) in [5.41, 5.74) is 0.970. The van der Waals surface area contributed by atoms with E-state index in [0.717, 1.165) is 23.3 Å². The number of anilines is 1. The molecule has 0 radical (unpaired) electrons. The summed E-state index contributed by atoms with van der Waals surface area (Å²) in [5, 5.41) is 6.96. The molecule has 2 heterocycles. The zero-order valence-electron chi connectivity index (χ0n) is 9.61. The van der Waals surface area contributed by atoms with Crippen molar-refractivity contribution in [2.75, 3.05) is 18.4 Å². The number of aryl methyl sites for hydroxylation is 1. The molecular weight excluding hydrogens is 200 g/mol. The maximum Gasteiger partial charge on any atom is 0.144 e. The molecule has 86 valence electrons. The van der Waals surface area contributed by atoms with Gasteiger partial charge in [-0.3, -0.25) is 4.98 Å². The molecule has 0 amide bonds. The highest BCUT2D eigenvalue weighted by Crippen LogP contribution is 2.35. The van der Waals surface area contributed by atoms with E-state index >= 15 is 0 Å². The average molecular weight is 218 g/mol. The second-order valence-electron chi connectivity index (χ2n) is 5.03. The molecule has 3 rings (SSSR count). The Kier molecular flexibility index (Phi) is 2.52. The van der Waals surface area contributed by atoms with Crippen molar-refractivity contribution in [3.8, 4) is 0 Å². The molecule has 0 aromatic carbocycles. The zero-order valence-corrected chi connectivity index (χ0v) is 9.61. The van der Waals surface area contributed by atoms with Gasteiger partial charge in [-0.15, -0.1) is 0 Å². The van der Waals surface area contributed by atoms with Crippen LogP contribution in [0.3, 0.4) is 0 Å². The van der Waals surface area contributed by atoms with Gasteiger partial charge in [-0.1, -0.05) is 0 Å². The Morgan fingerprint density at radius 2 is 1.94 bits per heavy atom. The molecule has 0 spiro atoms. The van der Waals surface area contributed by atoms with Gasteiger partial charge < -0.3 is 10.6 Å². The van der Waals surface area contributed by atoms with E-state index in [4.69, 9.17) is 0 Å². The predicted molar refractivity (Wildman–Crippen MR) is 63.3 cm³/mol. The number of rotatable bonds is 2. The van der Waals surface area contributed by atoms with Crippen LogP contribution in [0.4, 0.5) is 5.82 Å². The van der Waals surface area contributed by atoms with Crippen molar-refractivity contribution >= 4 is 5.82 Å². The minimum Gasteiger partial charge on any atom is -0.366 e. The molecule has 4 nitrogen and oxygen atoms in total. The van der Waals surface area contributed by atoms with E-state index in [-0.39, 0.29) is 0 Å². The fourth-order valence-electron chi connectivity index (χ4n) is 2.96. The van der Waals surface area contributed by atoms with Gasteiger partial charge in [-0.05, 0) is 44.7 Å². The highest BCUT2D eigenvalue weighted by atomic mass is 15.0. The number of fused-ring (bicyclic) bond motifs is 1. The van der Waals surface area contributed by atoms with E-state index in [2.05, 4.69) is 20.6 Å². The fraction of sp³-hybridized carbons (Fsp3) is 0.667. The van der Waals surface area contributed by atoms with Gasteiger partial charge in [0.2, 0.25) is 0 Å². The first kappa shape index (κ1) is 10.0. The molecule has 3 atom stereocenters. The van der Waals surface area contributed by atoms with Crippen LogP contribution in [0.2, 0.25) is 0 Å². The minimum absolute atomic E-state index is 0.592. The predicted octanol–water partition coefficient (Wildman–Crippen LogP) is 1.19. The van der Waals surface area contributed by atoms with E-state index in [9.17, 15) is 0 Å². The number of hydrogen-bond acceptors (Lipinski definition) is 4. The molecule has 1 aromatic rings. The van der Waals surface area contributed by atoms with Crippen LogP contribution in [-0.2, 0) is 0 Å². The quantitative estimate of drug-likeness (QED) is 0.783. The molecule has 1 aliphatic carbocycles. The van der Waals surface area contributed by atoms with Crippen LogP contribution in [0.25, 0.3) is 0 Å². The van der Waals surface area contributed by atoms with Gasteiger partial charge in [0, 0.05) is 6.04 Å². The van der Waals surface area contributed by atoms with E-state index in [1.807, 2.05) is 19.3 Å². The van der Waals surface area contributed by atoms with Gasteiger partial charge in [0.05, 0.1) is 18.1 Å². The fourth-order valence-corrected chi connectivity index (χ4v) is 2.96. The molecule has 2 aliphatic rings. The van der Waals surface area contributed by atoms with Gasteiger partial charge in [0.25, 0.3) is 0 Å². The van der Waals surface area contributed by atoms with Crippen LogP contribution in [0.15, 0.2) is 12.4 Å². The van der Waals surface area contributed by atoms with E-state index in [0.29, 0.717) is 6.04 Å². The van der Waals surface area contributed by atoms with Gasteiger partial charge in [-0.25, -0.2) is 4.98 Å². The first-order valence-corrected chi connectivity index (χ1v) is 6.07. The normalized spacial score (nSPS) is 32.7. The molecule has 1 aromatic heterocycles. The van der Waals surface area contributed by atoms with Crippen molar-refractivity contribution < 1.29 is 0 Å². The average Bonchev–Trinajstić information content (AvgIpc) is 2.81. The number of aromatic nitrogens is 2. The first-order chi connectivity index (χ1) is 7.81. The Balaban J connectivity index is 1.62. The third-order valence-electron chi connectivity index (χ3n) is 3.79. The monoisotopic (exact) mass is 218 g/mol. The zero-order chi connectivity index (χ0) is 11.0. The van der Waals surface area contributed by atoms with Crippen molar-refractivity contribution in [2.45, 2.75) is 25.8 Å².